The average molecular weight is 280 g/mol. The van der Waals surface area contributed by atoms with Crippen molar-refractivity contribution in [3.63, 3.8) is 0 Å². The van der Waals surface area contributed by atoms with E-state index in [1.54, 1.807) is 6.08 Å². The molecular weight excluding hydrogens is 252 g/mol. The fraction of sp³-hybridized carbons (Fsp3) is 0.588. The van der Waals surface area contributed by atoms with Crippen LogP contribution in [0.3, 0.4) is 0 Å². The molecule has 1 aliphatic carbocycles. The van der Waals surface area contributed by atoms with E-state index in [1.807, 2.05) is 39.0 Å². The molecule has 0 amide bonds. The lowest BCUT2D eigenvalue weighted by Gasteiger charge is -2.22. The van der Waals surface area contributed by atoms with Gasteiger partial charge in [-0.15, -0.1) is 0 Å². The molecule has 0 heterocycles. The number of aliphatic hydroxyl groups is 2. The highest BCUT2D eigenvalue weighted by molar-refractivity contribution is 5.89. The zero-order valence-electron chi connectivity index (χ0n) is 12.9. The van der Waals surface area contributed by atoms with E-state index < -0.39 is 5.41 Å². The zero-order valence-corrected chi connectivity index (χ0v) is 12.9. The van der Waals surface area contributed by atoms with E-state index in [4.69, 9.17) is 0 Å². The topological polar surface area (TPSA) is 57.5 Å². The van der Waals surface area contributed by atoms with Crippen molar-refractivity contribution in [3.05, 3.63) is 36.5 Å². The van der Waals surface area contributed by atoms with Crippen molar-refractivity contribution in [2.75, 3.05) is 13.2 Å². The molecule has 1 aliphatic rings. The lowest BCUT2D eigenvalue weighted by molar-refractivity contribution is -0.133. The number of hydrogen-bond acceptors (Lipinski definition) is 3. The van der Waals surface area contributed by atoms with Gasteiger partial charge in [0.15, 0.2) is 0 Å². The van der Waals surface area contributed by atoms with Gasteiger partial charge in [-0.05, 0) is 31.8 Å². The van der Waals surface area contributed by atoms with Gasteiger partial charge in [0.2, 0.25) is 0 Å². The molecule has 3 nitrogen and oxygen atoms in total. The van der Waals surface area contributed by atoms with Gasteiger partial charge in [0.25, 0.3) is 0 Å². The van der Waals surface area contributed by atoms with Crippen LogP contribution in [-0.2, 0) is 4.79 Å². The van der Waals surface area contributed by atoms with Crippen LogP contribution < -0.4 is 0 Å². The monoisotopic (exact) mass is 280 g/mol. The molecule has 0 aromatic carbocycles. The van der Waals surface area contributed by atoms with Gasteiger partial charge in [0.05, 0.1) is 18.6 Å². The summed E-state index contributed by atoms with van der Waals surface area (Å²) in [7, 11) is 0. The molecule has 1 rings (SSSR count). The van der Waals surface area contributed by atoms with Crippen molar-refractivity contribution >= 4 is 5.78 Å². The maximum atomic E-state index is 12.2. The summed E-state index contributed by atoms with van der Waals surface area (Å²) in [5.74, 6) is -0.112. The van der Waals surface area contributed by atoms with Crippen molar-refractivity contribution in [3.8, 4) is 0 Å². The first kappa shape index (κ1) is 18.8. The molecule has 0 saturated heterocycles. The first-order chi connectivity index (χ1) is 9.63. The summed E-state index contributed by atoms with van der Waals surface area (Å²) in [5, 5.41) is 18.6. The summed E-state index contributed by atoms with van der Waals surface area (Å²) >= 11 is 0. The maximum Gasteiger partial charge on any atom is 0.147 e. The summed E-state index contributed by atoms with van der Waals surface area (Å²) in [5.41, 5.74) is 0.136. The molecule has 1 fully saturated rings. The lowest BCUT2D eigenvalue weighted by atomic mass is 9.84. The third-order valence-corrected chi connectivity index (χ3v) is 3.66. The van der Waals surface area contributed by atoms with Crippen molar-refractivity contribution in [1.29, 1.82) is 0 Å². The Balaban J connectivity index is 0.00000172. The molecule has 20 heavy (non-hydrogen) atoms. The fourth-order valence-electron chi connectivity index (χ4n) is 2.54. The molecule has 114 valence electrons. The van der Waals surface area contributed by atoms with Gasteiger partial charge in [-0.25, -0.2) is 0 Å². The molecule has 1 atom stereocenters. The van der Waals surface area contributed by atoms with Crippen molar-refractivity contribution in [1.82, 2.24) is 0 Å². The van der Waals surface area contributed by atoms with Crippen LogP contribution in [-0.4, -0.2) is 29.2 Å². The smallest absolute Gasteiger partial charge is 0.147 e. The predicted molar refractivity (Wildman–Crippen MR) is 83.4 cm³/mol. The molecule has 1 saturated carbocycles. The van der Waals surface area contributed by atoms with Crippen LogP contribution in [0.5, 0.6) is 0 Å². The number of aliphatic hydroxyl groups excluding tert-OH is 2. The van der Waals surface area contributed by atoms with E-state index >= 15 is 0 Å². The van der Waals surface area contributed by atoms with E-state index in [0.29, 0.717) is 12.8 Å². The van der Waals surface area contributed by atoms with Gasteiger partial charge < -0.3 is 10.2 Å². The minimum absolute atomic E-state index is 0.00744. The summed E-state index contributed by atoms with van der Waals surface area (Å²) < 4.78 is 0. The molecule has 0 aromatic heterocycles. The maximum absolute atomic E-state index is 12.2. The van der Waals surface area contributed by atoms with Gasteiger partial charge >= 0.3 is 0 Å². The molecule has 1 unspecified atom stereocenters. The van der Waals surface area contributed by atoms with Gasteiger partial charge in [-0.3, -0.25) is 4.79 Å². The number of Topliss-reactive ketones (excluding diaryl/α,β-unsaturated/α-hetero) is 1. The Bertz CT molecular complexity index is 362. The average Bonchev–Trinajstić information content (AvgIpc) is 2.79. The third-order valence-electron chi connectivity index (χ3n) is 3.66. The minimum atomic E-state index is -0.917. The Morgan fingerprint density at radius 2 is 2.00 bits per heavy atom. The Labute approximate surface area is 122 Å². The van der Waals surface area contributed by atoms with Crippen molar-refractivity contribution in [2.45, 2.75) is 40.0 Å². The van der Waals surface area contributed by atoms with Gasteiger partial charge in [0, 0.05) is 5.92 Å². The van der Waals surface area contributed by atoms with E-state index in [1.165, 1.54) is 0 Å². The highest BCUT2D eigenvalue weighted by atomic mass is 16.3. The normalized spacial score (nSPS) is 21.8. The summed E-state index contributed by atoms with van der Waals surface area (Å²) in [6, 6.07) is 0. The molecule has 2 N–H and O–H groups in total. The zero-order chi connectivity index (χ0) is 15.6. The molecule has 0 bridgehead atoms. The van der Waals surface area contributed by atoms with Gasteiger partial charge in [-0.2, -0.15) is 0 Å². The second-order valence-corrected chi connectivity index (χ2v) is 4.88. The number of carbonyl (C=O) groups is 1. The first-order valence-corrected chi connectivity index (χ1v) is 7.34. The summed E-state index contributed by atoms with van der Waals surface area (Å²) in [6.45, 7) is 9.07. The Morgan fingerprint density at radius 3 is 2.40 bits per heavy atom. The number of hydrogen-bond donors (Lipinski definition) is 2. The predicted octanol–water partition coefficient (Wildman–Crippen LogP) is 3.04. The standard InChI is InChI=1S/C15H22O3.C2H6/c1-3-5-12(6-4-2)9-13-7-8-15(10-16,11-17)14(13)18;1-2/h3-6,13,16-17H,1,7-11H2,2H3;1-2H3/b6-4-,12-5+;. The Kier molecular flexibility index (Phi) is 9.10. The highest BCUT2D eigenvalue weighted by Gasteiger charge is 2.46. The number of carbonyl (C=O) groups excluding carboxylic acids is 1. The van der Waals surface area contributed by atoms with Crippen molar-refractivity contribution in [2.24, 2.45) is 11.3 Å². The molecule has 0 aliphatic heterocycles. The van der Waals surface area contributed by atoms with Crippen LogP contribution in [0.1, 0.15) is 40.0 Å². The Hall–Kier alpha value is -1.19. The minimum Gasteiger partial charge on any atom is -0.395 e. The number of allylic oxidation sites excluding steroid dienone is 5. The van der Waals surface area contributed by atoms with Crippen LogP contribution in [0.2, 0.25) is 0 Å². The fourth-order valence-corrected chi connectivity index (χ4v) is 2.54. The molecule has 3 heteroatoms. The van der Waals surface area contributed by atoms with Crippen LogP contribution in [0.4, 0.5) is 0 Å². The second-order valence-electron chi connectivity index (χ2n) is 4.88. The van der Waals surface area contributed by atoms with E-state index in [9.17, 15) is 15.0 Å². The van der Waals surface area contributed by atoms with E-state index in [2.05, 4.69) is 6.58 Å². The number of rotatable bonds is 6. The highest BCUT2D eigenvalue weighted by Crippen LogP contribution is 2.40. The Morgan fingerprint density at radius 1 is 1.40 bits per heavy atom. The largest absolute Gasteiger partial charge is 0.395 e. The van der Waals surface area contributed by atoms with Gasteiger partial charge in [-0.1, -0.05) is 44.7 Å². The molecule has 0 radical (unpaired) electrons. The van der Waals surface area contributed by atoms with Crippen LogP contribution in [0.15, 0.2) is 36.5 Å². The lowest BCUT2D eigenvalue weighted by Crippen LogP contribution is -2.36. The summed E-state index contributed by atoms with van der Waals surface area (Å²) in [4.78, 5) is 12.2. The third kappa shape index (κ3) is 4.43. The molecule has 0 aromatic rings. The SMILES string of the molecule is C=C/C=C(\C=C/C)CC1CCC(CO)(CO)C1=O.CC. The second kappa shape index (κ2) is 9.67. The molecular formula is C17H28O3. The molecule has 0 spiro atoms. The van der Waals surface area contributed by atoms with Crippen LogP contribution in [0, 0.1) is 11.3 Å². The van der Waals surface area contributed by atoms with Crippen LogP contribution >= 0.6 is 0 Å². The van der Waals surface area contributed by atoms with E-state index in [-0.39, 0.29) is 24.9 Å². The van der Waals surface area contributed by atoms with E-state index in [0.717, 1.165) is 12.0 Å². The van der Waals surface area contributed by atoms with Gasteiger partial charge in [0.1, 0.15) is 5.78 Å². The number of ketones is 1. The quantitative estimate of drug-likeness (QED) is 0.735. The van der Waals surface area contributed by atoms with Crippen molar-refractivity contribution < 1.29 is 15.0 Å². The summed E-state index contributed by atoms with van der Waals surface area (Å²) in [6.07, 6.45) is 9.45. The first-order valence-electron chi connectivity index (χ1n) is 7.34. The van der Waals surface area contributed by atoms with Crippen LogP contribution in [0.25, 0.3) is 0 Å².